The lowest BCUT2D eigenvalue weighted by atomic mass is 9.65. The maximum atomic E-state index is 5.91. The first-order valence-corrected chi connectivity index (χ1v) is 25.5. The molecule has 0 fully saturated rings. The van der Waals surface area contributed by atoms with Gasteiger partial charge in [0.05, 0.1) is 5.41 Å². The van der Waals surface area contributed by atoms with Crippen LogP contribution in [0.15, 0.2) is 97.1 Å². The monoisotopic (exact) mass is 736 g/mol. The van der Waals surface area contributed by atoms with E-state index in [0.29, 0.717) is 0 Å². The van der Waals surface area contributed by atoms with E-state index in [0.717, 1.165) is 43.0 Å². The van der Waals surface area contributed by atoms with Crippen LogP contribution in [0, 0.1) is 0 Å². The van der Waals surface area contributed by atoms with Gasteiger partial charge in [-0.25, -0.2) is 0 Å². The van der Waals surface area contributed by atoms with Crippen molar-refractivity contribution < 1.29 is 35.4 Å². The van der Waals surface area contributed by atoms with E-state index in [9.17, 15) is 0 Å². The molecule has 0 saturated carbocycles. The number of benzene rings is 4. The highest BCUT2D eigenvalue weighted by molar-refractivity contribution is 6.81. The van der Waals surface area contributed by atoms with Gasteiger partial charge in [0, 0.05) is 56.9 Å². The van der Waals surface area contributed by atoms with Crippen molar-refractivity contribution in [2.24, 2.45) is 0 Å². The summed E-state index contributed by atoms with van der Waals surface area (Å²) in [7, 11) is 3.40. The van der Waals surface area contributed by atoms with Crippen molar-refractivity contribution >= 4 is 55.0 Å². The summed E-state index contributed by atoms with van der Waals surface area (Å²) < 4.78 is 47.3. The molecule has 0 aromatic heterocycles. The van der Waals surface area contributed by atoms with Gasteiger partial charge in [-0.2, -0.15) is 0 Å². The summed E-state index contributed by atoms with van der Waals surface area (Å²) in [6.45, 7) is 8.21. The van der Waals surface area contributed by atoms with Gasteiger partial charge in [0.1, 0.15) is 0 Å². The first-order chi connectivity index (χ1) is 23.3. The molecule has 49 heavy (non-hydrogen) atoms. The fourth-order valence-electron chi connectivity index (χ4n) is 6.37. The van der Waals surface area contributed by atoms with Crippen LogP contribution in [0.4, 0.5) is 0 Å². The zero-order chi connectivity index (χ0) is 36.1. The summed E-state index contributed by atoms with van der Waals surface area (Å²) in [5.41, 5.74) is 3.61. The highest BCUT2D eigenvalue weighted by atomic mass is 28.4. The van der Waals surface area contributed by atoms with Gasteiger partial charge in [-0.15, -0.1) is 0 Å². The van der Waals surface area contributed by atoms with E-state index in [1.807, 2.05) is 0 Å². The van der Waals surface area contributed by atoms with Gasteiger partial charge in [0.2, 0.25) is 0 Å². The number of hydrogen-bond acceptors (Lipinski definition) is 8. The van der Waals surface area contributed by atoms with Crippen molar-refractivity contribution in [2.75, 3.05) is 56.9 Å². The predicted octanol–water partition coefficient (Wildman–Crippen LogP) is 4.36. The quantitative estimate of drug-likeness (QED) is 0.124. The molecule has 264 valence electrons. The second-order valence-electron chi connectivity index (χ2n) is 12.5. The van der Waals surface area contributed by atoms with Crippen LogP contribution in [0.5, 0.6) is 0 Å². The van der Waals surface area contributed by atoms with Gasteiger partial charge < -0.3 is 35.4 Å². The van der Waals surface area contributed by atoms with Crippen molar-refractivity contribution in [2.45, 2.75) is 31.6 Å². The van der Waals surface area contributed by atoms with Gasteiger partial charge >= 0.3 is 34.2 Å². The van der Waals surface area contributed by atoms with Crippen LogP contribution >= 0.6 is 0 Å². The molecule has 4 aromatic carbocycles. The van der Waals surface area contributed by atoms with Crippen molar-refractivity contribution in [3.63, 3.8) is 0 Å². The highest BCUT2D eigenvalue weighted by Gasteiger charge is 2.42. The Hall–Kier alpha value is -2.57. The van der Waals surface area contributed by atoms with Gasteiger partial charge in [-0.3, -0.25) is 0 Å². The lowest BCUT2D eigenvalue weighted by Crippen LogP contribution is -2.50. The molecule has 0 heterocycles. The van der Waals surface area contributed by atoms with Crippen molar-refractivity contribution in [1.29, 1.82) is 0 Å². The molecule has 4 aromatic rings. The standard InChI is InChI=1S/C37H52O8Si4/c1-38-46(9,39-2)33-21-13-29(14-22-33)37(30-15-23-34(24-16-30)47(10,40-3)41-4,31-17-25-35(26-18-31)48(11,42-5)43-6)32-19-27-36(28-20-32)49(12,44-7)45-8/h13-28H,1-12H3. The van der Waals surface area contributed by atoms with Crippen LogP contribution < -0.4 is 20.7 Å². The summed E-state index contributed by atoms with van der Waals surface area (Å²) in [5, 5.41) is 4.17. The molecule has 0 unspecified atom stereocenters. The van der Waals surface area contributed by atoms with Crippen molar-refractivity contribution in [1.82, 2.24) is 0 Å². The molecule has 0 bridgehead atoms. The molecular formula is C37H52O8Si4. The minimum atomic E-state index is -2.57. The maximum Gasteiger partial charge on any atom is 0.368 e. The fourth-order valence-corrected chi connectivity index (χ4v) is 12.0. The van der Waals surface area contributed by atoms with E-state index in [1.54, 1.807) is 56.9 Å². The maximum absolute atomic E-state index is 5.91. The lowest BCUT2D eigenvalue weighted by Gasteiger charge is -2.38. The van der Waals surface area contributed by atoms with Crippen LogP contribution in [0.2, 0.25) is 26.2 Å². The number of hydrogen-bond donors (Lipinski definition) is 0. The minimum absolute atomic E-state index is 0.736. The SMILES string of the molecule is CO[Si](C)(OC)c1ccc(C(c2ccc([Si](C)(OC)OC)cc2)(c2ccc([Si](C)(OC)OC)cc2)c2ccc([Si](C)(OC)OC)cc2)cc1. The van der Waals surface area contributed by atoms with E-state index in [4.69, 9.17) is 35.4 Å². The third kappa shape index (κ3) is 7.15. The Morgan fingerprint density at radius 1 is 0.286 bits per heavy atom. The van der Waals surface area contributed by atoms with E-state index >= 15 is 0 Å². The van der Waals surface area contributed by atoms with E-state index in [-0.39, 0.29) is 0 Å². The average molecular weight is 737 g/mol. The molecule has 0 aliphatic carbocycles. The number of rotatable bonds is 16. The summed E-state index contributed by atoms with van der Waals surface area (Å²) in [4.78, 5) is 0. The summed E-state index contributed by atoms with van der Waals surface area (Å²) in [6.07, 6.45) is 0. The first kappa shape index (κ1) is 39.2. The third-order valence-corrected chi connectivity index (χ3v) is 22.2. The summed E-state index contributed by atoms with van der Waals surface area (Å²) >= 11 is 0. The molecule has 0 amide bonds. The second-order valence-corrected chi connectivity index (χ2v) is 25.6. The predicted molar refractivity (Wildman–Crippen MR) is 206 cm³/mol. The Labute approximate surface area is 297 Å². The van der Waals surface area contributed by atoms with Crippen LogP contribution in [-0.2, 0) is 40.8 Å². The van der Waals surface area contributed by atoms with E-state index < -0.39 is 39.7 Å². The van der Waals surface area contributed by atoms with Gasteiger partial charge in [0.15, 0.2) is 0 Å². The molecular weight excluding hydrogens is 685 g/mol. The molecule has 0 atom stereocenters. The molecule has 8 nitrogen and oxygen atoms in total. The molecule has 0 spiro atoms. The molecule has 4 rings (SSSR count). The first-order valence-electron chi connectivity index (χ1n) is 16.2. The molecule has 0 aliphatic heterocycles. The van der Waals surface area contributed by atoms with E-state index in [2.05, 4.69) is 123 Å². The van der Waals surface area contributed by atoms with E-state index in [1.165, 1.54) is 0 Å². The smallest absolute Gasteiger partial charge is 0.368 e. The van der Waals surface area contributed by atoms with Crippen LogP contribution in [0.3, 0.4) is 0 Å². The fraction of sp³-hybridized carbons (Fsp3) is 0.351. The Bertz CT molecular complexity index is 1380. The topological polar surface area (TPSA) is 73.8 Å². The minimum Gasteiger partial charge on any atom is -0.394 e. The Balaban J connectivity index is 2.10. The van der Waals surface area contributed by atoms with Crippen molar-refractivity contribution in [3.8, 4) is 0 Å². The van der Waals surface area contributed by atoms with Crippen LogP contribution in [0.25, 0.3) is 0 Å². The van der Waals surface area contributed by atoms with Crippen LogP contribution in [0.1, 0.15) is 22.3 Å². The van der Waals surface area contributed by atoms with Crippen molar-refractivity contribution in [3.05, 3.63) is 119 Å². The zero-order valence-electron chi connectivity index (χ0n) is 31.0. The third-order valence-electron chi connectivity index (χ3n) is 10.5. The largest absolute Gasteiger partial charge is 0.394 e. The molecule has 0 N–H and O–H groups in total. The van der Waals surface area contributed by atoms with Crippen LogP contribution in [-0.4, -0.2) is 91.1 Å². The molecule has 0 saturated heterocycles. The lowest BCUT2D eigenvalue weighted by molar-refractivity contribution is 0.265. The summed E-state index contributed by atoms with van der Waals surface area (Å²) in [6, 6.07) is 34.7. The zero-order valence-corrected chi connectivity index (χ0v) is 35.0. The highest BCUT2D eigenvalue weighted by Crippen LogP contribution is 2.45. The van der Waals surface area contributed by atoms with Gasteiger partial charge in [-0.1, -0.05) is 97.1 Å². The Morgan fingerprint density at radius 3 is 0.551 bits per heavy atom. The molecule has 12 heteroatoms. The Morgan fingerprint density at radius 2 is 0.429 bits per heavy atom. The molecule has 0 radical (unpaired) electrons. The van der Waals surface area contributed by atoms with Gasteiger partial charge in [-0.05, 0) is 69.2 Å². The molecule has 0 aliphatic rings. The van der Waals surface area contributed by atoms with Gasteiger partial charge in [0.25, 0.3) is 0 Å². The second kappa shape index (κ2) is 15.8. The average Bonchev–Trinajstić information content (AvgIpc) is 3.17. The Kier molecular flexibility index (Phi) is 12.6. The normalized spacial score (nSPS) is 13.1. The summed E-state index contributed by atoms with van der Waals surface area (Å²) in [5.74, 6) is 0.